The summed E-state index contributed by atoms with van der Waals surface area (Å²) in [4.78, 5) is 0. The van der Waals surface area contributed by atoms with E-state index in [2.05, 4.69) is 0 Å². The van der Waals surface area contributed by atoms with Crippen molar-refractivity contribution in [1.29, 1.82) is 0 Å². The minimum atomic E-state index is -3.58. The van der Waals surface area contributed by atoms with Crippen LogP contribution in [-0.4, -0.2) is 45.9 Å². The van der Waals surface area contributed by atoms with E-state index in [9.17, 15) is 16.8 Å². The van der Waals surface area contributed by atoms with E-state index >= 15 is 0 Å². The van der Waals surface area contributed by atoms with Gasteiger partial charge in [0.05, 0.1) is 11.5 Å². The zero-order chi connectivity index (χ0) is 15.4. The smallest absolute Gasteiger partial charge is 0.215 e. The molecule has 0 aromatic heterocycles. The van der Waals surface area contributed by atoms with Crippen molar-refractivity contribution >= 4 is 19.9 Å². The van der Waals surface area contributed by atoms with Gasteiger partial charge in [0.1, 0.15) is 9.84 Å². The number of hydrogen-bond donors (Lipinski definition) is 1. The molecule has 20 heavy (non-hydrogen) atoms. The fourth-order valence-corrected chi connectivity index (χ4v) is 4.26. The van der Waals surface area contributed by atoms with E-state index in [4.69, 9.17) is 5.73 Å². The Labute approximate surface area is 120 Å². The van der Waals surface area contributed by atoms with Gasteiger partial charge in [-0.3, -0.25) is 0 Å². The highest BCUT2D eigenvalue weighted by atomic mass is 32.2. The lowest BCUT2D eigenvalue weighted by Gasteiger charge is -2.17. The summed E-state index contributed by atoms with van der Waals surface area (Å²) in [5, 5.41) is 0. The third kappa shape index (κ3) is 5.58. The van der Waals surface area contributed by atoms with Gasteiger partial charge in [-0.2, -0.15) is 0 Å². The largest absolute Gasteiger partial charge is 0.326 e. The first kappa shape index (κ1) is 17.1. The normalized spacial score (nSPS) is 12.8. The average Bonchev–Trinajstić information content (AvgIpc) is 2.36. The second-order valence-electron chi connectivity index (χ2n) is 4.72. The zero-order valence-electron chi connectivity index (χ0n) is 11.6. The van der Waals surface area contributed by atoms with Crippen molar-refractivity contribution < 1.29 is 16.8 Å². The van der Waals surface area contributed by atoms with Crippen LogP contribution in [-0.2, 0) is 33.0 Å². The van der Waals surface area contributed by atoms with Crippen LogP contribution in [0, 0.1) is 0 Å². The van der Waals surface area contributed by atoms with Crippen LogP contribution in [0.25, 0.3) is 0 Å². The second kappa shape index (κ2) is 6.66. The Hall–Kier alpha value is -0.960. The molecule has 0 aliphatic rings. The summed E-state index contributed by atoms with van der Waals surface area (Å²) in [5.74, 6) is -0.769. The third-order valence-corrected chi connectivity index (χ3v) is 5.85. The minimum Gasteiger partial charge on any atom is -0.326 e. The summed E-state index contributed by atoms with van der Waals surface area (Å²) in [6.07, 6.45) is 1.02. The quantitative estimate of drug-likeness (QED) is 0.760. The summed E-state index contributed by atoms with van der Waals surface area (Å²) in [6, 6.07) is 7.30. The summed E-state index contributed by atoms with van der Waals surface area (Å²) in [6.45, 7) is 0.639. The number of benzene rings is 1. The number of nitrogens with two attached hydrogens (primary N) is 1. The summed E-state index contributed by atoms with van der Waals surface area (Å²) in [5.41, 5.74) is 7.28. The molecular formula is C12H20N2O4S2. The van der Waals surface area contributed by atoms with E-state index in [1.54, 1.807) is 0 Å². The fraction of sp³-hybridized carbons (Fsp3) is 0.500. The molecular weight excluding hydrogens is 300 g/mol. The molecule has 6 nitrogen and oxygen atoms in total. The van der Waals surface area contributed by atoms with Crippen LogP contribution in [0.15, 0.2) is 24.3 Å². The van der Waals surface area contributed by atoms with E-state index < -0.39 is 25.6 Å². The average molecular weight is 320 g/mol. The predicted octanol–water partition coefficient (Wildman–Crippen LogP) is -0.0485. The Morgan fingerprint density at radius 3 is 1.95 bits per heavy atom. The van der Waals surface area contributed by atoms with Gasteiger partial charge in [0.15, 0.2) is 0 Å². The molecule has 114 valence electrons. The van der Waals surface area contributed by atoms with Gasteiger partial charge in [-0.05, 0) is 11.1 Å². The van der Waals surface area contributed by atoms with Crippen molar-refractivity contribution in [3.8, 4) is 0 Å². The SMILES string of the molecule is CN(Cc1ccc(CN)cc1)S(=O)(=O)CCS(C)(=O)=O. The van der Waals surface area contributed by atoms with Crippen molar-refractivity contribution in [1.82, 2.24) is 4.31 Å². The fourth-order valence-electron chi connectivity index (χ4n) is 1.55. The van der Waals surface area contributed by atoms with Crippen LogP contribution in [0.5, 0.6) is 0 Å². The van der Waals surface area contributed by atoms with E-state index in [0.717, 1.165) is 21.7 Å². The van der Waals surface area contributed by atoms with Gasteiger partial charge in [-0.15, -0.1) is 0 Å². The molecule has 1 rings (SSSR count). The highest BCUT2D eigenvalue weighted by Crippen LogP contribution is 2.10. The molecule has 0 heterocycles. The van der Waals surface area contributed by atoms with Gasteiger partial charge >= 0.3 is 0 Å². The van der Waals surface area contributed by atoms with Gasteiger partial charge in [0.25, 0.3) is 0 Å². The zero-order valence-corrected chi connectivity index (χ0v) is 13.2. The predicted molar refractivity (Wildman–Crippen MR) is 79.3 cm³/mol. The molecule has 0 bridgehead atoms. The van der Waals surface area contributed by atoms with Crippen LogP contribution in [0.3, 0.4) is 0 Å². The third-order valence-electron chi connectivity index (χ3n) is 2.85. The number of hydrogen-bond acceptors (Lipinski definition) is 5. The molecule has 0 aliphatic heterocycles. The van der Waals surface area contributed by atoms with Crippen LogP contribution in [0.1, 0.15) is 11.1 Å². The topological polar surface area (TPSA) is 97.5 Å². The monoisotopic (exact) mass is 320 g/mol. The van der Waals surface area contributed by atoms with Crippen molar-refractivity contribution in [2.24, 2.45) is 5.73 Å². The summed E-state index contributed by atoms with van der Waals surface area (Å²) < 4.78 is 47.1. The summed E-state index contributed by atoms with van der Waals surface area (Å²) in [7, 11) is -5.43. The highest BCUT2D eigenvalue weighted by Gasteiger charge is 2.20. The van der Waals surface area contributed by atoms with E-state index in [1.807, 2.05) is 24.3 Å². The molecule has 1 aromatic carbocycles. The Morgan fingerprint density at radius 1 is 1.00 bits per heavy atom. The first-order chi connectivity index (χ1) is 9.14. The lowest BCUT2D eigenvalue weighted by Crippen LogP contribution is -2.31. The molecule has 0 amide bonds. The molecule has 0 aliphatic carbocycles. The van der Waals surface area contributed by atoms with Crippen LogP contribution in [0.4, 0.5) is 0 Å². The first-order valence-corrected chi connectivity index (χ1v) is 9.70. The number of sulfone groups is 1. The first-order valence-electron chi connectivity index (χ1n) is 6.04. The van der Waals surface area contributed by atoms with Crippen molar-refractivity contribution in [3.63, 3.8) is 0 Å². The molecule has 0 saturated carbocycles. The van der Waals surface area contributed by atoms with Crippen molar-refractivity contribution in [2.75, 3.05) is 24.8 Å². The molecule has 0 unspecified atom stereocenters. The van der Waals surface area contributed by atoms with Gasteiger partial charge < -0.3 is 5.73 Å². The number of rotatable bonds is 7. The van der Waals surface area contributed by atoms with Gasteiger partial charge in [0, 0.05) is 26.4 Å². The lowest BCUT2D eigenvalue weighted by atomic mass is 10.1. The number of sulfonamides is 1. The molecule has 1 aromatic rings. The molecule has 8 heteroatoms. The standard InChI is InChI=1S/C12H20N2O4S2/c1-14(20(17,18)8-7-19(2,15)16)10-12-5-3-11(9-13)4-6-12/h3-6H,7-10,13H2,1-2H3. The second-order valence-corrected chi connectivity index (χ2v) is 9.18. The van der Waals surface area contributed by atoms with Gasteiger partial charge in [0.2, 0.25) is 10.0 Å². The molecule has 0 radical (unpaired) electrons. The van der Waals surface area contributed by atoms with Crippen LogP contribution < -0.4 is 5.73 Å². The van der Waals surface area contributed by atoms with Gasteiger partial charge in [-0.25, -0.2) is 21.1 Å². The Kier molecular flexibility index (Phi) is 5.69. The maximum absolute atomic E-state index is 11.9. The maximum atomic E-state index is 11.9. The highest BCUT2D eigenvalue weighted by molar-refractivity contribution is 7.93. The molecule has 2 N–H and O–H groups in total. The maximum Gasteiger partial charge on any atom is 0.215 e. The Bertz CT molecular complexity index is 637. The van der Waals surface area contributed by atoms with Crippen molar-refractivity contribution in [3.05, 3.63) is 35.4 Å². The lowest BCUT2D eigenvalue weighted by molar-refractivity contribution is 0.467. The Balaban J connectivity index is 2.71. The molecule has 0 saturated heterocycles. The van der Waals surface area contributed by atoms with E-state index in [-0.39, 0.29) is 12.3 Å². The molecule has 0 fully saturated rings. The van der Waals surface area contributed by atoms with Crippen LogP contribution >= 0.6 is 0 Å². The summed E-state index contributed by atoms with van der Waals surface area (Å²) >= 11 is 0. The number of nitrogens with zero attached hydrogens (tertiary/aromatic N) is 1. The minimum absolute atomic E-state index is 0.205. The van der Waals surface area contributed by atoms with Crippen LogP contribution in [0.2, 0.25) is 0 Å². The molecule has 0 spiro atoms. The Morgan fingerprint density at radius 2 is 1.50 bits per heavy atom. The van der Waals surface area contributed by atoms with Crippen molar-refractivity contribution in [2.45, 2.75) is 13.1 Å². The molecule has 0 atom stereocenters. The van der Waals surface area contributed by atoms with Gasteiger partial charge in [-0.1, -0.05) is 24.3 Å². The van der Waals surface area contributed by atoms with E-state index in [0.29, 0.717) is 6.54 Å². The van der Waals surface area contributed by atoms with E-state index in [1.165, 1.54) is 7.05 Å².